The van der Waals surface area contributed by atoms with E-state index >= 15 is 0 Å². The highest BCUT2D eigenvalue weighted by Crippen LogP contribution is 2.39. The van der Waals surface area contributed by atoms with Crippen molar-refractivity contribution in [3.05, 3.63) is 82.4 Å². The van der Waals surface area contributed by atoms with E-state index in [9.17, 15) is 9.59 Å². The molecule has 196 valence electrons. The average molecular weight is 636 g/mol. The summed E-state index contributed by atoms with van der Waals surface area (Å²) < 4.78 is 8.21. The summed E-state index contributed by atoms with van der Waals surface area (Å²) >= 11 is 2.29. The number of piperazine rings is 1. The monoisotopic (exact) mass is 636 g/mol. The molecule has 0 N–H and O–H groups in total. The maximum atomic E-state index is 13.2. The van der Waals surface area contributed by atoms with Crippen molar-refractivity contribution in [2.24, 2.45) is 0 Å². The van der Waals surface area contributed by atoms with Crippen LogP contribution in [-0.2, 0) is 4.79 Å². The van der Waals surface area contributed by atoms with E-state index in [1.54, 1.807) is 4.90 Å². The van der Waals surface area contributed by atoms with Crippen molar-refractivity contribution in [2.75, 3.05) is 18.0 Å². The number of hydrogen-bond donors (Lipinski definition) is 0. The molecule has 8 heteroatoms. The number of hydrogen-bond acceptors (Lipinski definition) is 3. The average Bonchev–Trinajstić information content (AvgIpc) is 2.88. The second-order valence-corrected chi connectivity index (χ2v) is 16.3. The molecule has 1 atom stereocenters. The Bertz CT molecular complexity index is 1240. The predicted octanol–water partition coefficient (Wildman–Crippen LogP) is 5.34. The van der Waals surface area contributed by atoms with Gasteiger partial charge in [-0.3, -0.25) is 9.59 Å². The molecule has 0 aliphatic carbocycles. The second-order valence-electron chi connectivity index (χ2n) is 10.8. The minimum absolute atomic E-state index is 0.0175. The lowest BCUT2D eigenvalue weighted by atomic mass is 10.0. The van der Waals surface area contributed by atoms with Crippen molar-refractivity contribution < 1.29 is 14.0 Å². The van der Waals surface area contributed by atoms with Gasteiger partial charge >= 0.3 is 8.32 Å². The van der Waals surface area contributed by atoms with Gasteiger partial charge in [-0.2, -0.15) is 0 Å². The third-order valence-electron chi connectivity index (χ3n) is 7.20. The number of carbonyl (C=O) groups is 2. The van der Waals surface area contributed by atoms with E-state index in [4.69, 9.17) is 12.3 Å². The summed E-state index contributed by atoms with van der Waals surface area (Å²) in [6.07, 6.45) is 1.67. The zero-order valence-corrected chi connectivity index (χ0v) is 25.6. The third-order valence-corrected chi connectivity index (χ3v) is 12.8. The molecule has 0 unspecified atom stereocenters. The fourth-order valence-corrected chi connectivity index (χ4v) is 10.5. The van der Waals surface area contributed by atoms with Crippen molar-refractivity contribution in [2.45, 2.75) is 51.6 Å². The largest absolute Gasteiger partial charge is 0.534 e. The molecule has 5 nitrogen and oxygen atoms in total. The molecule has 1 aliphatic rings. The van der Waals surface area contributed by atoms with E-state index in [1.165, 1.54) is 15.3 Å². The van der Waals surface area contributed by atoms with Crippen LogP contribution in [0.1, 0.15) is 40.5 Å². The minimum atomic E-state index is -2.83. The van der Waals surface area contributed by atoms with Gasteiger partial charge in [-0.15, -0.1) is 0 Å². The Balaban J connectivity index is 1.80. The Kier molecular flexibility index (Phi) is 8.72. The van der Waals surface area contributed by atoms with Gasteiger partial charge in [0.25, 0.3) is 0 Å². The lowest BCUT2D eigenvalue weighted by Gasteiger charge is -2.43. The first-order valence-corrected chi connectivity index (χ1v) is 16.0. The highest BCUT2D eigenvalue weighted by Gasteiger charge is 2.52. The summed E-state index contributed by atoms with van der Waals surface area (Å²) in [5.74, 6) is 0.0442. The first kappa shape index (κ1) is 28.4. The molecule has 0 spiro atoms. The summed E-state index contributed by atoms with van der Waals surface area (Å²) in [5, 5.41) is 2.19. The van der Waals surface area contributed by atoms with Crippen molar-refractivity contribution in [3.8, 4) is 5.75 Å². The molecule has 1 fully saturated rings. The van der Waals surface area contributed by atoms with E-state index < -0.39 is 14.1 Å². The molecular weight excluding hydrogens is 602 g/mol. The van der Waals surface area contributed by atoms with Crippen LogP contribution in [0.4, 0.5) is 10.5 Å². The molecular formula is C30H34BIN2O3Si. The summed E-state index contributed by atoms with van der Waals surface area (Å²) in [7, 11) is 2.77. The molecule has 2 radical (unpaired) electrons. The number of amides is 2. The van der Waals surface area contributed by atoms with Gasteiger partial charge in [0.1, 0.15) is 5.75 Å². The molecule has 2 amide bonds. The van der Waals surface area contributed by atoms with Gasteiger partial charge in [-0.25, -0.2) is 0 Å². The van der Waals surface area contributed by atoms with Crippen molar-refractivity contribution in [1.82, 2.24) is 4.90 Å². The van der Waals surface area contributed by atoms with Crippen LogP contribution in [0.3, 0.4) is 0 Å². The number of carbonyl (C=O) groups excluding carboxylic acids is 2. The Morgan fingerprint density at radius 3 is 2.11 bits per heavy atom. The number of nitrogens with zero attached hydrogens (tertiary/aromatic N) is 2. The van der Waals surface area contributed by atoms with Crippen LogP contribution in [0.25, 0.3) is 0 Å². The lowest BCUT2D eigenvalue weighted by molar-refractivity contribution is -0.121. The number of halogens is 1. The van der Waals surface area contributed by atoms with Crippen molar-refractivity contribution >= 4 is 66.5 Å². The number of anilines is 1. The van der Waals surface area contributed by atoms with E-state index in [-0.39, 0.29) is 23.5 Å². The maximum Gasteiger partial charge on any atom is 0.319 e. The zero-order valence-electron chi connectivity index (χ0n) is 22.5. The molecule has 0 saturated carbocycles. The lowest BCUT2D eigenvalue weighted by Crippen LogP contribution is -2.68. The van der Waals surface area contributed by atoms with Crippen LogP contribution < -0.4 is 19.7 Å². The summed E-state index contributed by atoms with van der Waals surface area (Å²) in [4.78, 5) is 28.5. The first-order chi connectivity index (χ1) is 18.1. The van der Waals surface area contributed by atoms with Crippen LogP contribution in [0, 0.1) is 3.57 Å². The van der Waals surface area contributed by atoms with Crippen LogP contribution in [0.15, 0.2) is 78.9 Å². The van der Waals surface area contributed by atoms with Gasteiger partial charge < -0.3 is 14.2 Å². The van der Waals surface area contributed by atoms with Gasteiger partial charge in [-0.05, 0) is 56.6 Å². The topological polar surface area (TPSA) is 49.9 Å². The van der Waals surface area contributed by atoms with Crippen LogP contribution in [0.5, 0.6) is 5.75 Å². The molecule has 0 aromatic heterocycles. The third kappa shape index (κ3) is 5.71. The summed E-state index contributed by atoms with van der Waals surface area (Å²) in [6, 6.07) is 26.9. The first-order valence-electron chi connectivity index (χ1n) is 13.0. The van der Waals surface area contributed by atoms with Gasteiger partial charge in [0, 0.05) is 27.9 Å². The second kappa shape index (κ2) is 11.7. The maximum absolute atomic E-state index is 13.2. The quantitative estimate of drug-likeness (QED) is 0.260. The van der Waals surface area contributed by atoms with Crippen LogP contribution in [-0.4, -0.2) is 51.9 Å². The van der Waals surface area contributed by atoms with E-state index in [0.29, 0.717) is 6.54 Å². The summed E-state index contributed by atoms with van der Waals surface area (Å²) in [6.45, 7) is 9.20. The van der Waals surface area contributed by atoms with Gasteiger partial charge in [0.15, 0.2) is 5.81 Å². The fourth-order valence-electron chi connectivity index (χ4n) is 5.45. The van der Waals surface area contributed by atoms with Gasteiger partial charge in [-0.1, -0.05) is 94.8 Å². The Morgan fingerprint density at radius 1 is 1.03 bits per heavy atom. The Labute approximate surface area is 242 Å². The van der Waals surface area contributed by atoms with Crippen molar-refractivity contribution in [3.63, 3.8) is 0 Å². The fraction of sp³-hybridized carbons (Fsp3) is 0.333. The molecule has 4 rings (SSSR count). The van der Waals surface area contributed by atoms with E-state index in [2.05, 4.69) is 98.8 Å². The zero-order chi connectivity index (χ0) is 27.5. The Hall–Kier alpha value is -2.59. The molecule has 3 aromatic carbocycles. The SMILES string of the molecule is [B]C(=O)N1CC(=O)N(c2cc(I)cc(O[Si](c3ccccc3)(c3ccccc3)C(C)(C)C)c2)C[C@@H]1CCC. The minimum Gasteiger partial charge on any atom is -0.534 e. The van der Waals surface area contributed by atoms with Crippen LogP contribution in [0.2, 0.25) is 5.04 Å². The van der Waals surface area contributed by atoms with Crippen molar-refractivity contribution in [1.29, 1.82) is 0 Å². The molecule has 1 heterocycles. The van der Waals surface area contributed by atoms with E-state index in [0.717, 1.165) is 27.8 Å². The molecule has 1 saturated heterocycles. The predicted molar refractivity (Wildman–Crippen MR) is 166 cm³/mol. The number of rotatable bonds is 7. The molecule has 0 bridgehead atoms. The van der Waals surface area contributed by atoms with Gasteiger partial charge in [0.05, 0.1) is 6.54 Å². The highest BCUT2D eigenvalue weighted by molar-refractivity contribution is 14.1. The normalized spacial score (nSPS) is 16.4. The number of benzene rings is 3. The molecule has 38 heavy (non-hydrogen) atoms. The van der Waals surface area contributed by atoms with E-state index in [1.807, 2.05) is 30.3 Å². The van der Waals surface area contributed by atoms with Crippen LogP contribution >= 0.6 is 22.6 Å². The van der Waals surface area contributed by atoms with Gasteiger partial charge in [0.2, 0.25) is 13.8 Å². The standard InChI is InChI=1S/C30H34BIN2O3Si/c1-5-12-23-20-33(28(35)21-34(23)29(31)36)24-17-22(32)18-25(19-24)37-38(30(2,3)4,26-13-8-6-9-14-26)27-15-10-7-11-16-27/h6-11,13-19,23H,5,12,20-21H2,1-4H3/t23-/m0/s1. The highest BCUT2D eigenvalue weighted by atomic mass is 127. The molecule has 3 aromatic rings. The smallest absolute Gasteiger partial charge is 0.319 e. The molecule has 1 aliphatic heterocycles. The summed E-state index contributed by atoms with van der Waals surface area (Å²) in [5.41, 5.74) is 0.778. The Morgan fingerprint density at radius 2 is 1.61 bits per heavy atom.